The Kier molecular flexibility index (Phi) is 31.3. The summed E-state index contributed by atoms with van der Waals surface area (Å²) in [5.41, 5.74) is 0. The molecule has 0 fully saturated rings. The predicted molar refractivity (Wildman–Crippen MR) is 160 cm³/mol. The molecule has 128 valence electrons. The fourth-order valence-corrected chi connectivity index (χ4v) is 45.5. The minimum Gasteiger partial charge on any atom is 0 e. The molecule has 0 aliphatic heterocycles. The van der Waals surface area contributed by atoms with E-state index in [-0.39, 0.29) is 0 Å². The molecule has 0 aromatic heterocycles. The summed E-state index contributed by atoms with van der Waals surface area (Å²) in [6.45, 7) is 0. The first-order valence-electron chi connectivity index (χ1n) is 3.68. The second-order valence-corrected chi connectivity index (χ2v) is 34.0. The average molecular weight is 683 g/mol. The van der Waals surface area contributed by atoms with Gasteiger partial charge in [0.15, 0.2) is 0 Å². The van der Waals surface area contributed by atoms with Crippen molar-refractivity contribution < 1.29 is 0 Å². The fraction of sp³-hybridized carbons (Fsp3) is 0. The van der Waals surface area contributed by atoms with E-state index in [1.54, 1.807) is 152 Å². The number of hydrogen-bond donors (Lipinski definition) is 0. The molecule has 0 nitrogen and oxygen atoms in total. The first kappa shape index (κ1) is 26.8. The van der Waals surface area contributed by atoms with Crippen LogP contribution < -0.4 is 0 Å². The van der Waals surface area contributed by atoms with Crippen molar-refractivity contribution in [1.29, 1.82) is 0 Å². The van der Waals surface area contributed by atoms with Crippen LogP contribution in [0.15, 0.2) is 0 Å². The zero-order valence-electron chi connectivity index (χ0n) is 9.19. The Labute approximate surface area is 192 Å². The molecule has 0 bridgehead atoms. The first-order chi connectivity index (χ1) is 10.9. The minimum atomic E-state index is 0.918. The molecule has 0 aromatic rings. The molecule has 0 atom stereocenters. The summed E-state index contributed by atoms with van der Waals surface area (Å²) in [5, 5.41) is 0. The Morgan fingerprint density at radius 1 is 0.500 bits per heavy atom. The third-order valence-electron chi connectivity index (χ3n) is 0.570. The van der Waals surface area contributed by atoms with E-state index in [0.717, 1.165) is 7.23 Å². The molecule has 0 heterocycles. The maximum atomic E-state index is 4.80. The van der Waals surface area contributed by atoms with Crippen molar-refractivity contribution in [3.05, 3.63) is 0 Å². The van der Waals surface area contributed by atoms with E-state index < -0.39 is 0 Å². The molecule has 0 unspecified atom stereocenters. The number of hydrogen-bond acceptors (Lipinski definition) is 2. The minimum absolute atomic E-state index is 0.918. The van der Waals surface area contributed by atoms with Gasteiger partial charge in [0.1, 0.15) is 0 Å². The van der Waals surface area contributed by atoms with Gasteiger partial charge in [-0.05, 0) is 0 Å². The van der Waals surface area contributed by atoms with Crippen LogP contribution in [0.25, 0.3) is 0 Å². The molecule has 0 saturated carbocycles. The van der Waals surface area contributed by atoms with E-state index in [1.807, 2.05) is 5.87 Å². The van der Waals surface area contributed by atoms with Crippen LogP contribution in [0.1, 0.15) is 0 Å². The van der Waals surface area contributed by atoms with Crippen LogP contribution in [0.3, 0.4) is 0 Å². The summed E-state index contributed by atoms with van der Waals surface area (Å²) in [4.78, 5) is 0. The molecular formula is BPS20. The van der Waals surface area contributed by atoms with Crippen molar-refractivity contribution >= 4 is 197 Å². The summed E-state index contributed by atoms with van der Waals surface area (Å²) in [6, 6.07) is 0. The Hall–Kier alpha value is 4.76. The Balaban J connectivity index is 5.72. The van der Waals surface area contributed by atoms with Crippen LogP contribution >= 0.6 is 7.23 Å². The molecule has 0 saturated heterocycles. The summed E-state index contributed by atoms with van der Waals surface area (Å²) in [7, 11) is 32.4. The van der Waals surface area contributed by atoms with Gasteiger partial charge in [-0.1, -0.05) is 0 Å². The van der Waals surface area contributed by atoms with E-state index >= 15 is 0 Å². The van der Waals surface area contributed by atoms with Crippen molar-refractivity contribution in [3.8, 4) is 0 Å². The summed E-state index contributed by atoms with van der Waals surface area (Å²) < 4.78 is 0. The molecule has 22 heavy (non-hydrogen) atoms. The van der Waals surface area contributed by atoms with Crippen LogP contribution in [-0.4, -0.2) is 5.87 Å². The smallest absolute Gasteiger partial charge is 0 e. The van der Waals surface area contributed by atoms with E-state index in [2.05, 4.69) is 0 Å². The molecular weight excluding hydrogens is 683 g/mol. The zero-order valence-corrected chi connectivity index (χ0v) is 26.4. The maximum absolute atomic E-state index is 4.80. The van der Waals surface area contributed by atoms with E-state index in [4.69, 9.17) is 23.0 Å². The van der Waals surface area contributed by atoms with Crippen molar-refractivity contribution in [2.75, 3.05) is 0 Å². The van der Waals surface area contributed by atoms with Gasteiger partial charge in [0, 0.05) is 64.5 Å². The molecule has 22 heteroatoms. The standard InChI is InChI=1S/BPS20/c3-2-1-5-7-9-11-13-15-17-19-21-22-20-18-16-14-12-10-8-6-4. The van der Waals surface area contributed by atoms with Gasteiger partial charge in [0.25, 0.3) is 0 Å². The van der Waals surface area contributed by atoms with Gasteiger partial charge in [-0.2, -0.15) is 0 Å². The normalized spacial score (nSPS) is 7.64. The second-order valence-electron chi connectivity index (χ2n) is 1.46. The Morgan fingerprint density at radius 3 is 1.14 bits per heavy atom. The topological polar surface area (TPSA) is 0 Å². The van der Waals surface area contributed by atoms with Gasteiger partial charge in [0.2, 0.25) is 0 Å². The van der Waals surface area contributed by atoms with Crippen molar-refractivity contribution in [3.63, 3.8) is 0 Å². The van der Waals surface area contributed by atoms with Crippen molar-refractivity contribution in [2.24, 2.45) is 0 Å². The molecule has 0 radical (unpaired) electrons. The quantitative estimate of drug-likeness (QED) is 0.291. The van der Waals surface area contributed by atoms with Gasteiger partial charge in [0.05, 0.1) is 0 Å². The molecule has 0 amide bonds. The van der Waals surface area contributed by atoms with Crippen LogP contribution in [0.5, 0.6) is 0 Å². The Bertz CT molecular complexity index is 1130. The molecule has 0 aliphatic rings. The van der Waals surface area contributed by atoms with Gasteiger partial charge >= 0.3 is 132 Å². The fourth-order valence-electron chi connectivity index (χ4n) is 0.221. The van der Waals surface area contributed by atoms with Crippen molar-refractivity contribution in [2.45, 2.75) is 0 Å². The summed E-state index contributed by atoms with van der Waals surface area (Å²) >= 11 is 9.56. The SMILES string of the molecule is S=PB=S=S=S=S=S=S=S=S=S=S=S=S=S=S=S=S=S=S=S. The monoisotopic (exact) mass is 681 g/mol. The molecule has 0 aromatic carbocycles. The van der Waals surface area contributed by atoms with E-state index in [1.165, 1.54) is 8.88 Å². The third-order valence-corrected chi connectivity index (χ3v) is 39.4. The molecule has 0 N–H and O–H groups in total. The second kappa shape index (κ2) is 25.8. The van der Waals surface area contributed by atoms with E-state index in [9.17, 15) is 0 Å². The van der Waals surface area contributed by atoms with Crippen LogP contribution in [0.4, 0.5) is 0 Å². The van der Waals surface area contributed by atoms with Gasteiger partial charge in [-0.15, -0.1) is 0 Å². The van der Waals surface area contributed by atoms with Gasteiger partial charge < -0.3 is 0 Å². The summed E-state index contributed by atoms with van der Waals surface area (Å²) in [6.07, 6.45) is 0. The summed E-state index contributed by atoms with van der Waals surface area (Å²) in [5.74, 6) is 2.01. The van der Waals surface area contributed by atoms with Crippen LogP contribution in [0.2, 0.25) is 0 Å². The van der Waals surface area contributed by atoms with Gasteiger partial charge in [-0.3, -0.25) is 0 Å². The molecule has 0 aliphatic carbocycles. The van der Waals surface area contributed by atoms with Crippen molar-refractivity contribution in [1.82, 2.24) is 0 Å². The first-order valence-corrected chi connectivity index (χ1v) is 30.1. The van der Waals surface area contributed by atoms with Crippen LogP contribution in [0, 0.1) is 0 Å². The third kappa shape index (κ3) is 24.8. The molecule has 0 rings (SSSR count). The van der Waals surface area contributed by atoms with E-state index in [0.29, 0.717) is 0 Å². The zero-order chi connectivity index (χ0) is 16.1. The van der Waals surface area contributed by atoms with Gasteiger partial charge in [-0.25, -0.2) is 0 Å². The average Bonchev–Trinajstić information content (AvgIpc) is 2.54. The number of rotatable bonds is 1. The van der Waals surface area contributed by atoms with Crippen LogP contribution in [-0.2, 0) is 184 Å². The Morgan fingerprint density at radius 2 is 0.818 bits per heavy atom. The predicted octanol–water partition coefficient (Wildman–Crippen LogP) is 0.432. The molecule has 0 spiro atoms.